The van der Waals surface area contributed by atoms with E-state index in [0.717, 1.165) is 28.4 Å². The van der Waals surface area contributed by atoms with Crippen LogP contribution in [0.25, 0.3) is 11.3 Å². The van der Waals surface area contributed by atoms with E-state index in [-0.39, 0.29) is 17.7 Å². The van der Waals surface area contributed by atoms with Crippen LogP contribution in [0.1, 0.15) is 24.9 Å². The molecule has 0 aliphatic rings. The Kier molecular flexibility index (Phi) is 5.75. The standard InChI is InChI=1S/C19H17F2N3O2S/c1-11(19-24-17(10-27-19)13-4-3-7-22-9-13)23-18(25)12(2)26-14-5-6-15(20)16(21)8-14/h3-12H,1-2H3,(H,23,25). The van der Waals surface area contributed by atoms with Crippen molar-refractivity contribution in [2.45, 2.75) is 26.0 Å². The first-order chi connectivity index (χ1) is 12.9. The van der Waals surface area contributed by atoms with Gasteiger partial charge in [0, 0.05) is 29.4 Å². The van der Waals surface area contributed by atoms with E-state index in [2.05, 4.69) is 15.3 Å². The number of nitrogens with zero attached hydrogens (tertiary/aromatic N) is 2. The Morgan fingerprint density at radius 3 is 2.74 bits per heavy atom. The van der Waals surface area contributed by atoms with Gasteiger partial charge in [-0.1, -0.05) is 0 Å². The van der Waals surface area contributed by atoms with Crippen molar-refractivity contribution in [2.24, 2.45) is 0 Å². The molecule has 2 atom stereocenters. The molecule has 0 radical (unpaired) electrons. The molecule has 0 bridgehead atoms. The van der Waals surface area contributed by atoms with Crippen LogP contribution in [0.2, 0.25) is 0 Å². The Hall–Kier alpha value is -2.87. The number of hydrogen-bond acceptors (Lipinski definition) is 5. The first kappa shape index (κ1) is 18.9. The second-order valence-corrected chi connectivity index (χ2v) is 6.77. The second kappa shape index (κ2) is 8.22. The summed E-state index contributed by atoms with van der Waals surface area (Å²) in [6.45, 7) is 3.35. The third kappa shape index (κ3) is 4.65. The molecule has 2 heterocycles. The lowest BCUT2D eigenvalue weighted by atomic mass is 10.2. The summed E-state index contributed by atoms with van der Waals surface area (Å²) in [5, 5.41) is 5.44. The molecule has 8 heteroatoms. The maximum atomic E-state index is 13.2. The third-order valence-electron chi connectivity index (χ3n) is 3.78. The molecule has 2 aromatic heterocycles. The summed E-state index contributed by atoms with van der Waals surface area (Å²) in [6, 6.07) is 6.54. The van der Waals surface area contributed by atoms with Crippen LogP contribution >= 0.6 is 11.3 Å². The molecule has 1 aromatic carbocycles. The summed E-state index contributed by atoms with van der Waals surface area (Å²) in [7, 11) is 0. The predicted molar refractivity (Wildman–Crippen MR) is 98.4 cm³/mol. The minimum atomic E-state index is -1.03. The third-order valence-corrected chi connectivity index (χ3v) is 4.81. The van der Waals surface area contributed by atoms with Gasteiger partial charge in [0.05, 0.1) is 11.7 Å². The van der Waals surface area contributed by atoms with Crippen molar-refractivity contribution >= 4 is 17.2 Å². The van der Waals surface area contributed by atoms with Crippen LogP contribution < -0.4 is 10.1 Å². The van der Waals surface area contributed by atoms with Crippen LogP contribution in [0.5, 0.6) is 5.75 Å². The highest BCUT2D eigenvalue weighted by Gasteiger charge is 2.20. The van der Waals surface area contributed by atoms with Crippen LogP contribution in [0.15, 0.2) is 48.1 Å². The van der Waals surface area contributed by atoms with Crippen molar-refractivity contribution in [3.05, 3.63) is 64.7 Å². The molecule has 1 N–H and O–H groups in total. The average molecular weight is 389 g/mol. The van der Waals surface area contributed by atoms with Gasteiger partial charge in [-0.3, -0.25) is 9.78 Å². The Morgan fingerprint density at radius 1 is 1.22 bits per heavy atom. The maximum absolute atomic E-state index is 13.2. The van der Waals surface area contributed by atoms with Crippen LogP contribution in [-0.4, -0.2) is 22.0 Å². The number of halogens is 2. The SMILES string of the molecule is CC(Oc1ccc(F)c(F)c1)C(=O)NC(C)c1nc(-c2cccnc2)cs1. The lowest BCUT2D eigenvalue weighted by molar-refractivity contribution is -0.127. The Morgan fingerprint density at radius 2 is 2.04 bits per heavy atom. The van der Waals surface area contributed by atoms with E-state index >= 15 is 0 Å². The molecular weight excluding hydrogens is 372 g/mol. The number of thiazole rings is 1. The molecule has 0 aliphatic heterocycles. The molecule has 3 aromatic rings. The second-order valence-electron chi connectivity index (χ2n) is 5.88. The number of hydrogen-bond donors (Lipinski definition) is 1. The molecular formula is C19H17F2N3O2S. The number of ether oxygens (including phenoxy) is 1. The molecule has 5 nitrogen and oxygen atoms in total. The van der Waals surface area contributed by atoms with E-state index in [4.69, 9.17) is 4.74 Å². The van der Waals surface area contributed by atoms with E-state index in [9.17, 15) is 13.6 Å². The van der Waals surface area contributed by atoms with E-state index < -0.39 is 17.7 Å². The molecule has 0 saturated carbocycles. The number of amides is 1. The zero-order chi connectivity index (χ0) is 19.4. The van der Waals surface area contributed by atoms with Crippen LogP contribution in [0.3, 0.4) is 0 Å². The minimum absolute atomic E-state index is 0.0808. The molecule has 1 amide bonds. The van der Waals surface area contributed by atoms with Gasteiger partial charge >= 0.3 is 0 Å². The van der Waals surface area contributed by atoms with Crippen molar-refractivity contribution in [2.75, 3.05) is 0 Å². The van der Waals surface area contributed by atoms with Crippen molar-refractivity contribution in [1.82, 2.24) is 15.3 Å². The predicted octanol–water partition coefficient (Wildman–Crippen LogP) is 4.13. The average Bonchev–Trinajstić information content (AvgIpc) is 3.16. The van der Waals surface area contributed by atoms with Crippen molar-refractivity contribution in [1.29, 1.82) is 0 Å². The molecule has 0 spiro atoms. The number of benzene rings is 1. The summed E-state index contributed by atoms with van der Waals surface area (Å²) in [5.74, 6) is -2.30. The molecule has 2 unspecified atom stereocenters. The molecule has 0 fully saturated rings. The maximum Gasteiger partial charge on any atom is 0.261 e. The monoisotopic (exact) mass is 389 g/mol. The van der Waals surface area contributed by atoms with E-state index in [1.807, 2.05) is 24.4 Å². The summed E-state index contributed by atoms with van der Waals surface area (Å²) < 4.78 is 31.6. The van der Waals surface area contributed by atoms with E-state index in [1.54, 1.807) is 12.4 Å². The highest BCUT2D eigenvalue weighted by molar-refractivity contribution is 7.10. The lowest BCUT2D eigenvalue weighted by Gasteiger charge is -2.17. The lowest BCUT2D eigenvalue weighted by Crippen LogP contribution is -2.37. The molecule has 27 heavy (non-hydrogen) atoms. The van der Waals surface area contributed by atoms with Gasteiger partial charge < -0.3 is 10.1 Å². The quantitative estimate of drug-likeness (QED) is 0.689. The fourth-order valence-corrected chi connectivity index (χ4v) is 3.17. The zero-order valence-corrected chi connectivity index (χ0v) is 15.5. The number of rotatable bonds is 6. The van der Waals surface area contributed by atoms with Gasteiger partial charge in [0.25, 0.3) is 5.91 Å². The van der Waals surface area contributed by atoms with Gasteiger partial charge in [-0.05, 0) is 38.1 Å². The van der Waals surface area contributed by atoms with Crippen LogP contribution in [0.4, 0.5) is 8.78 Å². The van der Waals surface area contributed by atoms with Gasteiger partial charge in [-0.2, -0.15) is 0 Å². The first-order valence-electron chi connectivity index (χ1n) is 8.22. The smallest absolute Gasteiger partial charge is 0.261 e. The highest BCUT2D eigenvalue weighted by atomic mass is 32.1. The normalized spacial score (nSPS) is 13.0. The van der Waals surface area contributed by atoms with E-state index in [1.165, 1.54) is 24.3 Å². The molecule has 140 valence electrons. The molecule has 0 aliphatic carbocycles. The van der Waals surface area contributed by atoms with E-state index in [0.29, 0.717) is 0 Å². The Labute approximate surface area is 159 Å². The van der Waals surface area contributed by atoms with Gasteiger partial charge in [0.15, 0.2) is 17.7 Å². The summed E-state index contributed by atoms with van der Waals surface area (Å²) >= 11 is 1.43. The number of aromatic nitrogens is 2. The fraction of sp³-hybridized carbons (Fsp3) is 0.211. The number of nitrogens with one attached hydrogen (secondary N) is 1. The van der Waals surface area contributed by atoms with Gasteiger partial charge in [0.2, 0.25) is 0 Å². The van der Waals surface area contributed by atoms with Crippen molar-refractivity contribution < 1.29 is 18.3 Å². The van der Waals surface area contributed by atoms with Crippen molar-refractivity contribution in [3.63, 3.8) is 0 Å². The highest BCUT2D eigenvalue weighted by Crippen LogP contribution is 2.25. The van der Waals surface area contributed by atoms with Gasteiger partial charge in [-0.15, -0.1) is 11.3 Å². The minimum Gasteiger partial charge on any atom is -0.481 e. The first-order valence-corrected chi connectivity index (χ1v) is 9.10. The van der Waals surface area contributed by atoms with Crippen molar-refractivity contribution in [3.8, 4) is 17.0 Å². The number of carbonyl (C=O) groups excluding carboxylic acids is 1. The van der Waals surface area contributed by atoms with Crippen LogP contribution in [-0.2, 0) is 4.79 Å². The topological polar surface area (TPSA) is 64.1 Å². The summed E-state index contributed by atoms with van der Waals surface area (Å²) in [5.41, 5.74) is 1.68. The molecule has 3 rings (SSSR count). The number of pyridine rings is 1. The fourth-order valence-electron chi connectivity index (χ4n) is 2.33. The van der Waals surface area contributed by atoms with Gasteiger partial charge in [-0.25, -0.2) is 13.8 Å². The van der Waals surface area contributed by atoms with Crippen LogP contribution in [0, 0.1) is 11.6 Å². The Bertz CT molecular complexity index is 934. The zero-order valence-electron chi connectivity index (χ0n) is 14.6. The van der Waals surface area contributed by atoms with Gasteiger partial charge in [0.1, 0.15) is 10.8 Å². The number of carbonyl (C=O) groups is 1. The molecule has 0 saturated heterocycles. The Balaban J connectivity index is 1.61. The summed E-state index contributed by atoms with van der Waals surface area (Å²) in [4.78, 5) is 20.9. The largest absolute Gasteiger partial charge is 0.481 e. The summed E-state index contributed by atoms with van der Waals surface area (Å²) in [6.07, 6.45) is 2.53.